The van der Waals surface area contributed by atoms with Gasteiger partial charge in [0.15, 0.2) is 5.78 Å². The van der Waals surface area contributed by atoms with Crippen molar-refractivity contribution in [2.45, 2.75) is 59.4 Å². The number of halogens is 3. The van der Waals surface area contributed by atoms with E-state index in [1.165, 1.54) is 6.07 Å². The maximum Gasteiger partial charge on any atom is 0.573 e. The summed E-state index contributed by atoms with van der Waals surface area (Å²) in [6, 6.07) is 17.0. The summed E-state index contributed by atoms with van der Waals surface area (Å²) in [6.07, 6.45) is -4.41. The summed E-state index contributed by atoms with van der Waals surface area (Å²) in [7, 11) is 0. The normalized spacial score (nSPS) is 11.6. The highest BCUT2D eigenvalue weighted by atomic mass is 19.4. The second-order valence-corrected chi connectivity index (χ2v) is 8.45. The zero-order valence-electron chi connectivity index (χ0n) is 22.4. The van der Waals surface area contributed by atoms with E-state index in [1.807, 2.05) is 32.9 Å². The predicted octanol–water partition coefficient (Wildman–Crippen LogP) is 7.40. The van der Waals surface area contributed by atoms with Crippen molar-refractivity contribution in [2.24, 2.45) is 0 Å². The van der Waals surface area contributed by atoms with Gasteiger partial charge >= 0.3 is 12.3 Å². The Morgan fingerprint density at radius 3 is 2.23 bits per heavy atom. The third kappa shape index (κ3) is 10.3. The number of benzene rings is 3. The summed E-state index contributed by atoms with van der Waals surface area (Å²) in [5.41, 5.74) is 2.11. The summed E-state index contributed by atoms with van der Waals surface area (Å²) in [4.78, 5) is 23.8. The van der Waals surface area contributed by atoms with Crippen molar-refractivity contribution in [3.63, 3.8) is 0 Å². The third-order valence-electron chi connectivity index (χ3n) is 5.51. The largest absolute Gasteiger partial charge is 0.573 e. The monoisotopic (exact) mass is 546 g/mol. The summed E-state index contributed by atoms with van der Waals surface area (Å²) in [6.45, 7) is 7.93. The lowest BCUT2D eigenvalue weighted by molar-refractivity contribution is -0.274. The molecule has 0 fully saturated rings. The van der Waals surface area contributed by atoms with Crippen molar-refractivity contribution in [3.8, 4) is 17.2 Å². The van der Waals surface area contributed by atoms with Gasteiger partial charge in [-0.3, -0.25) is 9.59 Å². The average Bonchev–Trinajstić information content (AvgIpc) is 2.89. The van der Waals surface area contributed by atoms with Crippen LogP contribution in [0.25, 0.3) is 0 Å². The van der Waals surface area contributed by atoms with Gasteiger partial charge in [0, 0.05) is 18.4 Å². The van der Waals surface area contributed by atoms with Gasteiger partial charge in [-0.05, 0) is 61.7 Å². The van der Waals surface area contributed by atoms with Crippen LogP contribution in [0.3, 0.4) is 0 Å². The van der Waals surface area contributed by atoms with Crippen LogP contribution in [0.5, 0.6) is 17.2 Å². The molecule has 0 spiro atoms. The molecule has 3 rings (SSSR count). The second kappa shape index (κ2) is 14.8. The number of aryl methyl sites for hydroxylation is 2. The quantitative estimate of drug-likeness (QED) is 0.238. The molecular weight excluding hydrogens is 513 g/mol. The Kier molecular flexibility index (Phi) is 11.8. The van der Waals surface area contributed by atoms with Crippen molar-refractivity contribution in [1.29, 1.82) is 0 Å². The molecule has 0 heterocycles. The van der Waals surface area contributed by atoms with E-state index in [9.17, 15) is 22.8 Å². The van der Waals surface area contributed by atoms with Crippen LogP contribution in [0.2, 0.25) is 0 Å². The van der Waals surface area contributed by atoms with Gasteiger partial charge in [-0.2, -0.15) is 0 Å². The minimum absolute atomic E-state index is 0.0479. The van der Waals surface area contributed by atoms with E-state index in [2.05, 4.69) is 4.74 Å². The van der Waals surface area contributed by atoms with Crippen LogP contribution in [-0.2, 0) is 11.2 Å². The average molecular weight is 547 g/mol. The van der Waals surface area contributed by atoms with Gasteiger partial charge in [-0.1, -0.05) is 50.2 Å². The molecule has 1 N–H and O–H groups in total. The van der Waals surface area contributed by atoms with Crippen molar-refractivity contribution >= 4 is 11.8 Å². The Morgan fingerprint density at radius 1 is 0.949 bits per heavy atom. The zero-order valence-corrected chi connectivity index (χ0v) is 22.4. The fraction of sp³-hybridized carbons (Fsp3) is 0.333. The fourth-order valence-corrected chi connectivity index (χ4v) is 3.63. The lowest BCUT2D eigenvalue weighted by atomic mass is 10.0. The van der Waals surface area contributed by atoms with Gasteiger partial charge in [0.1, 0.15) is 17.2 Å². The molecule has 0 aliphatic rings. The van der Waals surface area contributed by atoms with Gasteiger partial charge in [0.2, 0.25) is 0 Å². The van der Waals surface area contributed by atoms with E-state index in [4.69, 9.17) is 14.6 Å². The van der Waals surface area contributed by atoms with Crippen LogP contribution in [-0.4, -0.2) is 35.9 Å². The van der Waals surface area contributed by atoms with Gasteiger partial charge in [-0.15, -0.1) is 13.2 Å². The number of hydrogen-bond donors (Lipinski definition) is 1. The van der Waals surface area contributed by atoms with Crippen LogP contribution < -0.4 is 14.2 Å². The molecule has 0 saturated heterocycles. The van der Waals surface area contributed by atoms with Crippen molar-refractivity contribution in [3.05, 3.63) is 89.0 Å². The molecule has 0 saturated carbocycles. The highest BCUT2D eigenvalue weighted by molar-refractivity contribution is 6.10. The molecule has 9 heteroatoms. The summed E-state index contributed by atoms with van der Waals surface area (Å²) >= 11 is 0. The third-order valence-corrected chi connectivity index (χ3v) is 5.51. The SMILES string of the molecule is CC.Cc1cc(OCCC(C)Oc2ccc(OC(F)(F)F)cc2C(=O)c2ccccc2)ccc1CCC(=O)O. The Balaban J connectivity index is 0.00000260. The van der Waals surface area contributed by atoms with E-state index < -0.39 is 30.0 Å². The molecule has 39 heavy (non-hydrogen) atoms. The molecule has 6 nitrogen and oxygen atoms in total. The van der Waals surface area contributed by atoms with Crippen LogP contribution in [0, 0.1) is 6.92 Å². The molecule has 0 aromatic heterocycles. The molecule has 3 aromatic rings. The standard InChI is InChI=1S/C28H27F3O6.C2H6/c1-18-16-22(10-8-20(18)9-13-26(32)33)35-15-14-19(2)36-25-12-11-23(37-28(29,30)31)17-24(25)27(34)21-6-4-3-5-7-21;1-2/h3-8,10-12,16-17,19H,9,13-15H2,1-2H3,(H,32,33);1-2H3. The molecule has 0 bridgehead atoms. The minimum Gasteiger partial charge on any atom is -0.493 e. The lowest BCUT2D eigenvalue weighted by Gasteiger charge is -2.19. The van der Waals surface area contributed by atoms with E-state index in [-0.39, 0.29) is 24.3 Å². The first-order chi connectivity index (χ1) is 18.5. The lowest BCUT2D eigenvalue weighted by Crippen LogP contribution is -2.19. The second-order valence-electron chi connectivity index (χ2n) is 8.45. The number of carboxylic acid groups (broad SMARTS) is 1. The molecule has 210 valence electrons. The number of carboxylic acids is 1. The first-order valence-electron chi connectivity index (χ1n) is 12.6. The number of carbonyl (C=O) groups excluding carboxylic acids is 1. The molecule has 1 atom stereocenters. The van der Waals surface area contributed by atoms with Gasteiger partial charge < -0.3 is 19.3 Å². The van der Waals surface area contributed by atoms with Crippen LogP contribution in [0.15, 0.2) is 66.7 Å². The molecule has 3 aromatic carbocycles. The van der Waals surface area contributed by atoms with Gasteiger partial charge in [0.25, 0.3) is 0 Å². The Bertz CT molecular complexity index is 1230. The van der Waals surface area contributed by atoms with Crippen LogP contribution >= 0.6 is 0 Å². The van der Waals surface area contributed by atoms with E-state index >= 15 is 0 Å². The maximum atomic E-state index is 13.0. The molecule has 0 aliphatic heterocycles. The van der Waals surface area contributed by atoms with E-state index in [0.29, 0.717) is 24.2 Å². The maximum absolute atomic E-state index is 13.0. The predicted molar refractivity (Wildman–Crippen MR) is 142 cm³/mol. The number of hydrogen-bond acceptors (Lipinski definition) is 5. The van der Waals surface area contributed by atoms with Gasteiger partial charge in [0.05, 0.1) is 18.3 Å². The Hall–Kier alpha value is -4.01. The first-order valence-corrected chi connectivity index (χ1v) is 12.6. The molecular formula is C30H33F3O6. The summed E-state index contributed by atoms with van der Waals surface area (Å²) < 4.78 is 53.9. The Morgan fingerprint density at radius 2 is 1.62 bits per heavy atom. The summed E-state index contributed by atoms with van der Waals surface area (Å²) in [5.74, 6) is -1.11. The summed E-state index contributed by atoms with van der Waals surface area (Å²) in [5, 5.41) is 8.85. The number of ketones is 1. The molecule has 1 unspecified atom stereocenters. The zero-order chi connectivity index (χ0) is 29.0. The molecule has 0 aliphatic carbocycles. The number of carbonyl (C=O) groups is 2. The number of ether oxygens (including phenoxy) is 3. The number of aliphatic carboxylic acids is 1. The van der Waals surface area contributed by atoms with E-state index in [0.717, 1.165) is 23.3 Å². The van der Waals surface area contributed by atoms with Gasteiger partial charge in [-0.25, -0.2) is 0 Å². The topological polar surface area (TPSA) is 82.1 Å². The first kappa shape index (κ1) is 31.2. The number of rotatable bonds is 12. The van der Waals surface area contributed by atoms with E-state index in [1.54, 1.807) is 43.3 Å². The van der Waals surface area contributed by atoms with Crippen molar-refractivity contribution in [1.82, 2.24) is 0 Å². The highest BCUT2D eigenvalue weighted by Crippen LogP contribution is 2.31. The van der Waals surface area contributed by atoms with Crippen LogP contribution in [0.4, 0.5) is 13.2 Å². The molecule has 0 amide bonds. The van der Waals surface area contributed by atoms with Crippen molar-refractivity contribution < 1.29 is 42.1 Å². The smallest absolute Gasteiger partial charge is 0.493 e. The molecule has 0 radical (unpaired) electrons. The highest BCUT2D eigenvalue weighted by Gasteiger charge is 2.32. The fourth-order valence-electron chi connectivity index (χ4n) is 3.63. The Labute approximate surface area is 226 Å². The minimum atomic E-state index is -4.90. The number of alkyl halides is 3. The van der Waals surface area contributed by atoms with Crippen molar-refractivity contribution in [2.75, 3.05) is 6.61 Å². The van der Waals surface area contributed by atoms with Crippen LogP contribution in [0.1, 0.15) is 60.7 Å².